The van der Waals surface area contributed by atoms with E-state index in [2.05, 4.69) is 22.4 Å². The molecule has 0 aliphatic heterocycles. The molecule has 3 heterocycles. The standard InChI is InChI=1S/C26H26FN5O2.H2/c1-15-26(24-11-22(31-34-24)20-8-4-17(12-28-3)10-21(20)27)30-23(13-29-15)19-7-9-25(33)32(14-19)16(2)18-5-6-18;/h4,7-11,13-14,16,18,28H,5-6,12H2,1-3H3;1H. The van der Waals surface area contributed by atoms with Crippen molar-refractivity contribution in [3.8, 4) is 34.0 Å². The Kier molecular flexibility index (Phi) is 5.83. The SMILES string of the molecule is CNCc1ccc(-c2cc(-c3nc(-c4ccc(=O)n(C(C)C5CC5)c4)cnc3C)on2)c(F)c1.[HH]. The second kappa shape index (κ2) is 8.95. The van der Waals surface area contributed by atoms with Gasteiger partial charge in [0.1, 0.15) is 17.2 Å². The number of nitrogens with zero attached hydrogens (tertiary/aromatic N) is 4. The number of rotatable bonds is 7. The zero-order valence-electron chi connectivity index (χ0n) is 19.4. The highest BCUT2D eigenvalue weighted by atomic mass is 19.1. The van der Waals surface area contributed by atoms with Gasteiger partial charge in [-0.1, -0.05) is 11.2 Å². The van der Waals surface area contributed by atoms with Crippen LogP contribution in [0, 0.1) is 18.7 Å². The summed E-state index contributed by atoms with van der Waals surface area (Å²) in [6.45, 7) is 4.49. The number of aromatic nitrogens is 4. The average Bonchev–Trinajstić information content (AvgIpc) is 3.57. The molecule has 7 nitrogen and oxygen atoms in total. The van der Waals surface area contributed by atoms with Crippen LogP contribution in [-0.2, 0) is 6.54 Å². The first-order chi connectivity index (χ1) is 16.4. The third-order valence-corrected chi connectivity index (χ3v) is 6.37. The lowest BCUT2D eigenvalue weighted by Gasteiger charge is -2.15. The molecule has 176 valence electrons. The quantitative estimate of drug-likeness (QED) is 0.416. The van der Waals surface area contributed by atoms with Crippen molar-refractivity contribution in [3.05, 3.63) is 76.2 Å². The van der Waals surface area contributed by atoms with E-state index >= 15 is 0 Å². The Balaban J connectivity index is 0.00000289. The van der Waals surface area contributed by atoms with Gasteiger partial charge < -0.3 is 14.4 Å². The molecule has 3 aromatic heterocycles. The van der Waals surface area contributed by atoms with Crippen molar-refractivity contribution < 1.29 is 10.3 Å². The van der Waals surface area contributed by atoms with Crippen LogP contribution in [0.1, 0.15) is 38.5 Å². The second-order valence-electron chi connectivity index (χ2n) is 8.85. The summed E-state index contributed by atoms with van der Waals surface area (Å²) >= 11 is 0. The third kappa shape index (κ3) is 4.28. The average molecular weight is 462 g/mol. The maximum absolute atomic E-state index is 14.7. The summed E-state index contributed by atoms with van der Waals surface area (Å²) in [7, 11) is 1.81. The lowest BCUT2D eigenvalue weighted by molar-refractivity contribution is 0.432. The molecule has 8 heteroatoms. The molecule has 5 rings (SSSR count). The lowest BCUT2D eigenvalue weighted by Crippen LogP contribution is -2.23. The molecule has 0 saturated heterocycles. The zero-order valence-corrected chi connectivity index (χ0v) is 19.4. The molecule has 0 bridgehead atoms. The zero-order chi connectivity index (χ0) is 23.8. The van der Waals surface area contributed by atoms with E-state index in [1.54, 1.807) is 35.0 Å². The van der Waals surface area contributed by atoms with Gasteiger partial charge >= 0.3 is 0 Å². The molecule has 1 saturated carbocycles. The van der Waals surface area contributed by atoms with Gasteiger partial charge in [0.2, 0.25) is 0 Å². The van der Waals surface area contributed by atoms with E-state index < -0.39 is 0 Å². The van der Waals surface area contributed by atoms with Crippen LogP contribution < -0.4 is 10.9 Å². The van der Waals surface area contributed by atoms with Crippen LogP contribution in [0.2, 0.25) is 0 Å². The monoisotopic (exact) mass is 461 g/mol. The predicted octanol–water partition coefficient (Wildman–Crippen LogP) is 5.01. The van der Waals surface area contributed by atoms with Crippen molar-refractivity contribution in [1.29, 1.82) is 0 Å². The predicted molar refractivity (Wildman–Crippen MR) is 130 cm³/mol. The van der Waals surface area contributed by atoms with Crippen LogP contribution in [0.3, 0.4) is 0 Å². The molecule has 4 aromatic rings. The number of aryl methyl sites for hydroxylation is 1. The van der Waals surface area contributed by atoms with E-state index in [-0.39, 0.29) is 18.8 Å². The minimum atomic E-state index is -0.365. The normalized spacial score (nSPS) is 14.4. The van der Waals surface area contributed by atoms with E-state index in [0.29, 0.717) is 46.6 Å². The van der Waals surface area contributed by atoms with Gasteiger partial charge in [-0.3, -0.25) is 9.78 Å². The summed E-state index contributed by atoms with van der Waals surface area (Å²) in [5.74, 6) is 0.587. The fourth-order valence-electron chi connectivity index (χ4n) is 4.20. The van der Waals surface area contributed by atoms with Gasteiger partial charge in [0.05, 0.1) is 17.6 Å². The third-order valence-electron chi connectivity index (χ3n) is 6.37. The van der Waals surface area contributed by atoms with E-state index in [4.69, 9.17) is 9.51 Å². The van der Waals surface area contributed by atoms with Gasteiger partial charge in [0.15, 0.2) is 5.76 Å². The Morgan fingerprint density at radius 3 is 2.79 bits per heavy atom. The van der Waals surface area contributed by atoms with Crippen molar-refractivity contribution in [1.82, 2.24) is 25.0 Å². The minimum Gasteiger partial charge on any atom is -0.354 e. The summed E-state index contributed by atoms with van der Waals surface area (Å²) in [5, 5.41) is 7.08. The fraction of sp³-hybridized carbons (Fsp3) is 0.308. The highest BCUT2D eigenvalue weighted by Gasteiger charge is 2.29. The van der Waals surface area contributed by atoms with Gasteiger partial charge in [0, 0.05) is 43.5 Å². The van der Waals surface area contributed by atoms with Crippen LogP contribution in [-0.4, -0.2) is 26.7 Å². The van der Waals surface area contributed by atoms with Crippen LogP contribution in [0.25, 0.3) is 34.0 Å². The van der Waals surface area contributed by atoms with Gasteiger partial charge in [-0.2, -0.15) is 0 Å². The maximum atomic E-state index is 14.7. The Morgan fingerprint density at radius 2 is 2.06 bits per heavy atom. The number of halogens is 1. The Bertz CT molecular complexity index is 1410. The van der Waals surface area contributed by atoms with Gasteiger partial charge in [-0.15, -0.1) is 0 Å². The smallest absolute Gasteiger partial charge is 0.250 e. The van der Waals surface area contributed by atoms with Crippen LogP contribution in [0.4, 0.5) is 4.39 Å². The first kappa shape index (κ1) is 22.2. The van der Waals surface area contributed by atoms with E-state index in [0.717, 1.165) is 24.0 Å². The van der Waals surface area contributed by atoms with E-state index in [1.165, 1.54) is 6.07 Å². The minimum absolute atomic E-state index is 0. The molecule has 1 aliphatic carbocycles. The van der Waals surface area contributed by atoms with Crippen LogP contribution in [0.5, 0.6) is 0 Å². The second-order valence-corrected chi connectivity index (χ2v) is 8.85. The molecule has 1 aliphatic rings. The lowest BCUT2D eigenvalue weighted by atomic mass is 10.1. The fourth-order valence-corrected chi connectivity index (χ4v) is 4.20. The first-order valence-corrected chi connectivity index (χ1v) is 11.4. The maximum Gasteiger partial charge on any atom is 0.250 e. The molecule has 0 amide bonds. The summed E-state index contributed by atoms with van der Waals surface area (Å²) < 4.78 is 22.0. The van der Waals surface area contributed by atoms with Crippen LogP contribution >= 0.6 is 0 Å². The molecule has 1 atom stereocenters. The largest absolute Gasteiger partial charge is 0.354 e. The molecule has 1 N–H and O–H groups in total. The van der Waals surface area contributed by atoms with Crippen LogP contribution in [0.15, 0.2) is 58.1 Å². The number of nitrogens with one attached hydrogen (secondary N) is 1. The molecular formula is C26H28FN5O2. The number of hydrogen-bond acceptors (Lipinski definition) is 6. The molecule has 0 radical (unpaired) electrons. The highest BCUT2D eigenvalue weighted by Crippen LogP contribution is 2.39. The number of hydrogen-bond donors (Lipinski definition) is 1. The summed E-state index contributed by atoms with van der Waals surface area (Å²) in [5.41, 5.74) is 4.18. The molecule has 1 aromatic carbocycles. The Morgan fingerprint density at radius 1 is 1.24 bits per heavy atom. The first-order valence-electron chi connectivity index (χ1n) is 11.4. The van der Waals surface area contributed by atoms with E-state index in [9.17, 15) is 9.18 Å². The summed E-state index contributed by atoms with van der Waals surface area (Å²) in [6.07, 6.45) is 5.84. The molecule has 1 unspecified atom stereocenters. The van der Waals surface area contributed by atoms with Crippen molar-refractivity contribution in [3.63, 3.8) is 0 Å². The topological polar surface area (TPSA) is 85.8 Å². The van der Waals surface area contributed by atoms with Crippen molar-refractivity contribution in [2.45, 2.75) is 39.3 Å². The Labute approximate surface area is 198 Å². The molecule has 34 heavy (non-hydrogen) atoms. The Hall–Kier alpha value is -3.65. The summed E-state index contributed by atoms with van der Waals surface area (Å²) in [4.78, 5) is 21.7. The van der Waals surface area contributed by atoms with E-state index in [1.807, 2.05) is 26.2 Å². The van der Waals surface area contributed by atoms with Gasteiger partial charge in [0.25, 0.3) is 5.56 Å². The number of benzene rings is 1. The van der Waals surface area contributed by atoms with Gasteiger partial charge in [-0.05, 0) is 63.4 Å². The van der Waals surface area contributed by atoms with Crippen molar-refractivity contribution >= 4 is 0 Å². The molecular weight excluding hydrogens is 433 g/mol. The summed E-state index contributed by atoms with van der Waals surface area (Å²) in [6, 6.07) is 10.2. The van der Waals surface area contributed by atoms with Crippen molar-refractivity contribution in [2.24, 2.45) is 5.92 Å². The number of pyridine rings is 1. The van der Waals surface area contributed by atoms with Gasteiger partial charge in [-0.25, -0.2) is 9.37 Å². The molecule has 0 spiro atoms. The highest BCUT2D eigenvalue weighted by molar-refractivity contribution is 5.68. The van der Waals surface area contributed by atoms with Crippen molar-refractivity contribution in [2.75, 3.05) is 7.05 Å². The molecule has 1 fully saturated rings.